The topological polar surface area (TPSA) is 55.2 Å². The molecule has 0 saturated carbocycles. The highest BCUT2D eigenvalue weighted by molar-refractivity contribution is 6.16. The van der Waals surface area contributed by atoms with E-state index in [1.807, 2.05) is 12.1 Å². The average Bonchev–Trinajstić information content (AvgIpc) is 2.29. The maximum Gasteiger partial charge on any atom is 0.172 e. The van der Waals surface area contributed by atoms with E-state index >= 15 is 0 Å². The Labute approximate surface area is 85.7 Å². The molecule has 72 valence electrons. The molecule has 0 fully saturated rings. The van der Waals surface area contributed by atoms with Crippen LogP contribution in [-0.4, -0.2) is 22.0 Å². The van der Waals surface area contributed by atoms with Crippen molar-refractivity contribution < 1.29 is 4.79 Å². The molecule has 15 heavy (non-hydrogen) atoms. The third-order valence-electron chi connectivity index (χ3n) is 2.41. The first-order chi connectivity index (χ1) is 7.36. The highest BCUT2D eigenvalue weighted by Crippen LogP contribution is 2.27. The van der Waals surface area contributed by atoms with Gasteiger partial charge in [0.05, 0.1) is 17.3 Å². The molecule has 0 N–H and O–H groups in total. The number of rotatable bonds is 0. The summed E-state index contributed by atoms with van der Waals surface area (Å²) in [4.78, 5) is 24.1. The van der Waals surface area contributed by atoms with Crippen molar-refractivity contribution in [3.8, 4) is 0 Å². The van der Waals surface area contributed by atoms with Crippen LogP contribution in [0.1, 0.15) is 16.8 Å². The van der Waals surface area contributed by atoms with Gasteiger partial charge in [-0.2, -0.15) is 0 Å². The first kappa shape index (κ1) is 8.23. The minimum absolute atomic E-state index is 0.0612. The zero-order valence-electron chi connectivity index (χ0n) is 7.84. The van der Waals surface area contributed by atoms with E-state index in [1.165, 1.54) is 0 Å². The number of nitrogens with zero attached hydrogens (tertiary/aromatic N) is 3. The van der Waals surface area contributed by atoms with Crippen LogP contribution in [0.15, 0.2) is 29.5 Å². The molecule has 0 spiro atoms. The van der Waals surface area contributed by atoms with Crippen LogP contribution in [0.4, 0.5) is 5.82 Å². The van der Waals surface area contributed by atoms with Gasteiger partial charge in [0.15, 0.2) is 11.6 Å². The molecule has 0 amide bonds. The molecular weight excluding hydrogens is 190 g/mol. The van der Waals surface area contributed by atoms with Crippen LogP contribution in [0, 0.1) is 0 Å². The molecule has 0 aliphatic carbocycles. The molecule has 0 unspecified atom stereocenters. The average molecular weight is 197 g/mol. The normalized spacial score (nSPS) is 14.3. The number of aliphatic imine (C=N–C) groups is 1. The summed E-state index contributed by atoms with van der Waals surface area (Å²) in [6.45, 7) is 0. The molecule has 0 aromatic carbocycles. The van der Waals surface area contributed by atoms with Crippen LogP contribution in [0.5, 0.6) is 0 Å². The maximum absolute atomic E-state index is 11.7. The summed E-state index contributed by atoms with van der Waals surface area (Å²) in [6, 6.07) is 3.69. The molecule has 0 bridgehead atoms. The Kier molecular flexibility index (Phi) is 1.62. The van der Waals surface area contributed by atoms with Crippen molar-refractivity contribution in [2.75, 3.05) is 0 Å². The van der Waals surface area contributed by atoms with E-state index in [2.05, 4.69) is 15.0 Å². The summed E-state index contributed by atoms with van der Waals surface area (Å²) in [5.74, 6) is 0.567. The first-order valence-electron chi connectivity index (χ1n) is 4.66. The van der Waals surface area contributed by atoms with Crippen LogP contribution >= 0.6 is 0 Å². The Bertz CT molecular complexity index is 589. The molecule has 4 nitrogen and oxygen atoms in total. The number of hydrogen-bond acceptors (Lipinski definition) is 4. The zero-order chi connectivity index (χ0) is 10.3. The smallest absolute Gasteiger partial charge is 0.172 e. The van der Waals surface area contributed by atoms with Crippen LogP contribution in [-0.2, 0) is 0 Å². The van der Waals surface area contributed by atoms with E-state index in [-0.39, 0.29) is 5.78 Å². The molecule has 4 heteroatoms. The number of ketones is 1. The first-order valence-corrected chi connectivity index (χ1v) is 4.66. The predicted molar refractivity (Wildman–Crippen MR) is 56.6 cm³/mol. The molecule has 3 heterocycles. The number of fused-ring (bicyclic) bond motifs is 3. The lowest BCUT2D eigenvalue weighted by Crippen LogP contribution is -2.06. The molecular formula is C11H7N3O. The van der Waals surface area contributed by atoms with E-state index in [0.717, 1.165) is 10.9 Å². The van der Waals surface area contributed by atoms with Gasteiger partial charge in [0.1, 0.15) is 0 Å². The number of carbonyl (C=O) groups is 1. The van der Waals surface area contributed by atoms with Gasteiger partial charge >= 0.3 is 0 Å². The van der Waals surface area contributed by atoms with Crippen molar-refractivity contribution in [1.29, 1.82) is 0 Å². The van der Waals surface area contributed by atoms with Crippen molar-refractivity contribution in [3.63, 3.8) is 0 Å². The summed E-state index contributed by atoms with van der Waals surface area (Å²) >= 11 is 0. The second kappa shape index (κ2) is 2.95. The second-order valence-corrected chi connectivity index (χ2v) is 3.33. The number of hydrogen-bond donors (Lipinski definition) is 0. The highest BCUT2D eigenvalue weighted by atomic mass is 16.1. The van der Waals surface area contributed by atoms with Crippen molar-refractivity contribution >= 4 is 28.7 Å². The molecule has 0 saturated heterocycles. The fourth-order valence-corrected chi connectivity index (χ4v) is 1.73. The van der Waals surface area contributed by atoms with Gasteiger partial charge in [-0.15, -0.1) is 0 Å². The minimum Gasteiger partial charge on any atom is -0.294 e. The summed E-state index contributed by atoms with van der Waals surface area (Å²) in [5, 5.41) is 0.837. The molecule has 1 aliphatic heterocycles. The fourth-order valence-electron chi connectivity index (χ4n) is 1.73. The Morgan fingerprint density at radius 2 is 2.20 bits per heavy atom. The van der Waals surface area contributed by atoms with Gasteiger partial charge in [-0.25, -0.2) is 9.98 Å². The predicted octanol–water partition coefficient (Wildman–Crippen LogP) is 1.92. The number of Topliss-reactive ketones (excluding diaryl/α,β-unsaturated/α-hetero) is 1. The maximum atomic E-state index is 11.7. The van der Waals surface area contributed by atoms with Gasteiger partial charge in [0.2, 0.25) is 0 Å². The fraction of sp³-hybridized carbons (Fsp3) is 0.0909. The van der Waals surface area contributed by atoms with E-state index in [1.54, 1.807) is 18.6 Å². The van der Waals surface area contributed by atoms with Crippen molar-refractivity contribution in [3.05, 3.63) is 30.1 Å². The Balaban J connectivity index is 2.47. The standard InChI is InChI=1S/C11H7N3O/c15-9-3-5-13-11-10(9)7-2-1-4-12-8(7)6-14-11/h1-2,4-6H,3H2. The molecule has 2 aromatic rings. The van der Waals surface area contributed by atoms with Crippen LogP contribution in [0.2, 0.25) is 0 Å². The lowest BCUT2D eigenvalue weighted by molar-refractivity contribution is 0.100. The van der Waals surface area contributed by atoms with Crippen molar-refractivity contribution in [2.24, 2.45) is 4.99 Å². The molecule has 2 aromatic heterocycles. The van der Waals surface area contributed by atoms with Crippen LogP contribution in [0.3, 0.4) is 0 Å². The van der Waals surface area contributed by atoms with E-state index in [4.69, 9.17) is 0 Å². The Morgan fingerprint density at radius 1 is 1.27 bits per heavy atom. The van der Waals surface area contributed by atoms with E-state index in [9.17, 15) is 4.79 Å². The Morgan fingerprint density at radius 3 is 3.13 bits per heavy atom. The molecule has 0 radical (unpaired) electrons. The Hall–Kier alpha value is -2.10. The highest BCUT2D eigenvalue weighted by Gasteiger charge is 2.18. The van der Waals surface area contributed by atoms with Crippen molar-refractivity contribution in [2.45, 2.75) is 6.42 Å². The second-order valence-electron chi connectivity index (χ2n) is 3.33. The van der Waals surface area contributed by atoms with Gasteiger partial charge < -0.3 is 0 Å². The van der Waals surface area contributed by atoms with Gasteiger partial charge in [-0.05, 0) is 6.07 Å². The monoisotopic (exact) mass is 197 g/mol. The lowest BCUT2D eigenvalue weighted by atomic mass is 10.0. The van der Waals surface area contributed by atoms with E-state index in [0.29, 0.717) is 17.8 Å². The summed E-state index contributed by atoms with van der Waals surface area (Å²) in [6.07, 6.45) is 5.28. The van der Waals surface area contributed by atoms with Gasteiger partial charge in [-0.3, -0.25) is 9.78 Å². The molecule has 3 rings (SSSR count). The minimum atomic E-state index is 0.0612. The van der Waals surface area contributed by atoms with Crippen LogP contribution < -0.4 is 0 Å². The van der Waals surface area contributed by atoms with Gasteiger partial charge in [0.25, 0.3) is 0 Å². The SMILES string of the molecule is O=C1CC=Nc2ncc3ncccc3c21. The van der Waals surface area contributed by atoms with Crippen LogP contribution in [0.25, 0.3) is 10.9 Å². The van der Waals surface area contributed by atoms with Crippen molar-refractivity contribution in [1.82, 2.24) is 9.97 Å². The van der Waals surface area contributed by atoms with Gasteiger partial charge in [0, 0.05) is 24.2 Å². The molecule has 0 atom stereocenters. The third-order valence-corrected chi connectivity index (χ3v) is 2.41. The molecule has 1 aliphatic rings. The zero-order valence-corrected chi connectivity index (χ0v) is 7.84. The largest absolute Gasteiger partial charge is 0.294 e. The number of aromatic nitrogens is 2. The van der Waals surface area contributed by atoms with E-state index < -0.39 is 0 Å². The summed E-state index contributed by atoms with van der Waals surface area (Å²) in [5.41, 5.74) is 1.34. The lowest BCUT2D eigenvalue weighted by Gasteiger charge is -2.09. The summed E-state index contributed by atoms with van der Waals surface area (Å²) in [7, 11) is 0. The number of pyridine rings is 2. The number of carbonyl (C=O) groups excluding carboxylic acids is 1. The summed E-state index contributed by atoms with van der Waals surface area (Å²) < 4.78 is 0. The quantitative estimate of drug-likeness (QED) is 0.648. The van der Waals surface area contributed by atoms with Gasteiger partial charge in [-0.1, -0.05) is 6.07 Å². The third kappa shape index (κ3) is 1.15.